The van der Waals surface area contributed by atoms with Crippen LogP contribution in [-0.4, -0.2) is 42.8 Å². The van der Waals surface area contributed by atoms with E-state index in [1.165, 1.54) is 24.9 Å². The Morgan fingerprint density at radius 2 is 1.56 bits per heavy atom. The van der Waals surface area contributed by atoms with Gasteiger partial charge in [-0.15, -0.1) is 0 Å². The first-order valence-corrected chi connectivity index (χ1v) is 12.7. The summed E-state index contributed by atoms with van der Waals surface area (Å²) < 4.78 is 6.13. The maximum atomic E-state index is 6.13. The number of rotatable bonds is 7. The van der Waals surface area contributed by atoms with E-state index in [1.807, 2.05) is 0 Å². The molecule has 5 rings (SSSR count). The minimum absolute atomic E-state index is 0.528. The van der Waals surface area contributed by atoms with Gasteiger partial charge in [-0.3, -0.25) is 0 Å². The third-order valence-electron chi connectivity index (χ3n) is 7.00. The van der Waals surface area contributed by atoms with Crippen molar-refractivity contribution in [2.24, 2.45) is 11.7 Å². The number of ether oxygens (including phenoxy) is 1. The molecule has 2 aliphatic rings. The largest absolute Gasteiger partial charge is 0.476 e. The van der Waals surface area contributed by atoms with Gasteiger partial charge in [0.1, 0.15) is 5.69 Å². The Bertz CT molecular complexity index is 1060. The van der Waals surface area contributed by atoms with Crippen molar-refractivity contribution in [1.82, 2.24) is 15.3 Å². The molecule has 0 aliphatic carbocycles. The average molecular weight is 458 g/mol. The van der Waals surface area contributed by atoms with Crippen LogP contribution in [0.1, 0.15) is 37.7 Å². The second-order valence-corrected chi connectivity index (χ2v) is 9.41. The molecule has 0 bridgehead atoms. The monoisotopic (exact) mass is 457 g/mol. The smallest absolute Gasteiger partial charge is 0.232 e. The fourth-order valence-electron chi connectivity index (χ4n) is 4.89. The molecule has 0 radical (unpaired) electrons. The molecule has 3 aromatic rings. The summed E-state index contributed by atoms with van der Waals surface area (Å²) in [5.41, 5.74) is 12.0. The van der Waals surface area contributed by atoms with Gasteiger partial charge in [0, 0.05) is 36.4 Å². The number of nitrogens with one attached hydrogen (secondary N) is 1. The lowest BCUT2D eigenvalue weighted by Gasteiger charge is -2.28. The minimum atomic E-state index is 0.528. The molecule has 3 heterocycles. The second-order valence-electron chi connectivity index (χ2n) is 9.41. The Labute approximate surface area is 202 Å². The first-order valence-electron chi connectivity index (χ1n) is 12.7. The highest BCUT2D eigenvalue weighted by Gasteiger charge is 2.17. The van der Waals surface area contributed by atoms with Crippen LogP contribution in [0.2, 0.25) is 0 Å². The van der Waals surface area contributed by atoms with Crippen LogP contribution in [0.3, 0.4) is 0 Å². The van der Waals surface area contributed by atoms with Gasteiger partial charge in [0.05, 0.1) is 18.5 Å². The van der Waals surface area contributed by atoms with E-state index in [1.54, 1.807) is 6.20 Å². The Morgan fingerprint density at radius 1 is 0.882 bits per heavy atom. The highest BCUT2D eigenvalue weighted by atomic mass is 16.5. The zero-order valence-electron chi connectivity index (χ0n) is 19.9. The van der Waals surface area contributed by atoms with E-state index in [4.69, 9.17) is 20.4 Å². The number of nitrogens with two attached hydrogens (primary N) is 1. The summed E-state index contributed by atoms with van der Waals surface area (Å²) in [6, 6.07) is 17.0. The Morgan fingerprint density at radius 3 is 2.26 bits per heavy atom. The van der Waals surface area contributed by atoms with E-state index < -0.39 is 0 Å². The molecule has 6 nitrogen and oxygen atoms in total. The molecule has 0 spiro atoms. The van der Waals surface area contributed by atoms with Gasteiger partial charge >= 0.3 is 0 Å². The number of hydrogen-bond donors (Lipinski definition) is 2. The van der Waals surface area contributed by atoms with Crippen molar-refractivity contribution < 1.29 is 4.74 Å². The maximum absolute atomic E-state index is 6.13. The molecular formula is C28H35N5O. The van der Waals surface area contributed by atoms with E-state index in [2.05, 4.69) is 58.7 Å². The van der Waals surface area contributed by atoms with Crippen LogP contribution in [0.25, 0.3) is 22.5 Å². The first-order chi connectivity index (χ1) is 16.8. The van der Waals surface area contributed by atoms with E-state index >= 15 is 0 Å². The second kappa shape index (κ2) is 11.0. The van der Waals surface area contributed by atoms with Crippen molar-refractivity contribution in [3.8, 4) is 28.4 Å². The molecule has 34 heavy (non-hydrogen) atoms. The van der Waals surface area contributed by atoms with Gasteiger partial charge in [0.15, 0.2) is 0 Å². The van der Waals surface area contributed by atoms with E-state index in [0.29, 0.717) is 24.9 Å². The van der Waals surface area contributed by atoms with Crippen LogP contribution in [0.4, 0.5) is 5.69 Å². The minimum Gasteiger partial charge on any atom is -0.476 e. The summed E-state index contributed by atoms with van der Waals surface area (Å²) in [6.45, 7) is 5.61. The number of piperidine rings is 2. The maximum Gasteiger partial charge on any atom is 0.232 e. The van der Waals surface area contributed by atoms with Crippen molar-refractivity contribution in [3.63, 3.8) is 0 Å². The molecule has 0 unspecified atom stereocenters. The molecule has 0 saturated carbocycles. The summed E-state index contributed by atoms with van der Waals surface area (Å²) in [4.78, 5) is 12.2. The lowest BCUT2D eigenvalue weighted by Crippen LogP contribution is -2.30. The fraction of sp³-hybridized carbons (Fsp3) is 0.429. The number of hydrogen-bond acceptors (Lipinski definition) is 6. The Balaban J connectivity index is 1.43. The zero-order chi connectivity index (χ0) is 23.2. The third-order valence-corrected chi connectivity index (χ3v) is 7.00. The predicted molar refractivity (Wildman–Crippen MR) is 138 cm³/mol. The summed E-state index contributed by atoms with van der Waals surface area (Å²) >= 11 is 0. The SMILES string of the molecule is NCc1ccc(-c2ncc(OCC3CCNCC3)nc2-c2ccc(N3CCCCC3)cc2)cc1. The van der Waals surface area contributed by atoms with Gasteiger partial charge in [0.25, 0.3) is 0 Å². The van der Waals surface area contributed by atoms with Crippen molar-refractivity contribution >= 4 is 5.69 Å². The predicted octanol–water partition coefficient (Wildman–Crippen LogP) is 4.64. The Hall–Kier alpha value is -2.96. The van der Waals surface area contributed by atoms with Crippen LogP contribution in [-0.2, 0) is 6.54 Å². The molecule has 2 saturated heterocycles. The Kier molecular flexibility index (Phi) is 7.37. The van der Waals surface area contributed by atoms with Gasteiger partial charge in [0.2, 0.25) is 5.88 Å². The molecular weight excluding hydrogens is 422 g/mol. The van der Waals surface area contributed by atoms with Crippen LogP contribution in [0.5, 0.6) is 5.88 Å². The molecule has 0 atom stereocenters. The summed E-state index contributed by atoms with van der Waals surface area (Å²) in [7, 11) is 0. The number of benzene rings is 2. The van der Waals surface area contributed by atoms with Gasteiger partial charge < -0.3 is 20.7 Å². The van der Waals surface area contributed by atoms with Crippen molar-refractivity contribution in [1.29, 1.82) is 0 Å². The van der Waals surface area contributed by atoms with Crippen molar-refractivity contribution in [2.45, 2.75) is 38.6 Å². The molecule has 0 amide bonds. The highest BCUT2D eigenvalue weighted by molar-refractivity contribution is 5.79. The van der Waals surface area contributed by atoms with E-state index in [0.717, 1.165) is 67.1 Å². The van der Waals surface area contributed by atoms with Gasteiger partial charge in [-0.05, 0) is 68.8 Å². The zero-order valence-corrected chi connectivity index (χ0v) is 19.9. The van der Waals surface area contributed by atoms with Crippen molar-refractivity contribution in [2.75, 3.05) is 37.7 Å². The summed E-state index contributed by atoms with van der Waals surface area (Å²) in [6.07, 6.45) is 7.92. The fourth-order valence-corrected chi connectivity index (χ4v) is 4.89. The van der Waals surface area contributed by atoms with Crippen LogP contribution < -0.4 is 20.7 Å². The number of aromatic nitrogens is 2. The molecule has 2 aromatic carbocycles. The summed E-state index contributed by atoms with van der Waals surface area (Å²) in [5, 5.41) is 3.41. The first kappa shape index (κ1) is 22.8. The standard InChI is InChI=1S/C28H35N5O/c29-18-21-4-6-23(7-5-21)27-28(24-8-10-25(11-9-24)33-16-2-1-3-17-33)32-26(19-31-27)34-20-22-12-14-30-15-13-22/h4-11,19,22,30H,1-3,12-18,20,29H2. The number of nitrogens with zero attached hydrogens (tertiary/aromatic N) is 3. The van der Waals surface area contributed by atoms with Crippen molar-refractivity contribution in [3.05, 3.63) is 60.3 Å². The van der Waals surface area contributed by atoms with Crippen LogP contribution in [0, 0.1) is 5.92 Å². The number of anilines is 1. The molecule has 2 aliphatic heterocycles. The van der Waals surface area contributed by atoms with Gasteiger partial charge in [-0.25, -0.2) is 9.97 Å². The highest BCUT2D eigenvalue weighted by Crippen LogP contribution is 2.32. The van der Waals surface area contributed by atoms with E-state index in [-0.39, 0.29) is 0 Å². The van der Waals surface area contributed by atoms with Crippen LogP contribution >= 0.6 is 0 Å². The van der Waals surface area contributed by atoms with Gasteiger partial charge in [-0.1, -0.05) is 36.4 Å². The van der Waals surface area contributed by atoms with E-state index in [9.17, 15) is 0 Å². The normalized spacial score (nSPS) is 17.0. The average Bonchev–Trinajstić information content (AvgIpc) is 2.93. The topological polar surface area (TPSA) is 76.3 Å². The quantitative estimate of drug-likeness (QED) is 0.538. The third kappa shape index (κ3) is 5.40. The molecule has 1 aromatic heterocycles. The molecule has 3 N–H and O–H groups in total. The molecule has 6 heteroatoms. The lowest BCUT2D eigenvalue weighted by molar-refractivity contribution is 0.208. The molecule has 2 fully saturated rings. The lowest BCUT2D eigenvalue weighted by atomic mass is 9.99. The van der Waals surface area contributed by atoms with Crippen LogP contribution in [0.15, 0.2) is 54.7 Å². The summed E-state index contributed by atoms with van der Waals surface area (Å²) in [5.74, 6) is 1.16. The van der Waals surface area contributed by atoms with Gasteiger partial charge in [-0.2, -0.15) is 0 Å². The molecule has 178 valence electrons.